The van der Waals surface area contributed by atoms with Crippen LogP contribution in [-0.2, 0) is 4.79 Å². The average Bonchev–Trinajstić information content (AvgIpc) is 2.39. The molecule has 0 aromatic heterocycles. The van der Waals surface area contributed by atoms with Crippen LogP contribution in [0.15, 0.2) is 54.6 Å². The van der Waals surface area contributed by atoms with E-state index in [4.69, 9.17) is 0 Å². The van der Waals surface area contributed by atoms with Gasteiger partial charge in [0.2, 0.25) is 11.6 Å². The van der Waals surface area contributed by atoms with E-state index in [0.717, 1.165) is 0 Å². The fourth-order valence-corrected chi connectivity index (χ4v) is 1.93. The van der Waals surface area contributed by atoms with Gasteiger partial charge in [0.25, 0.3) is 0 Å². The molecule has 0 radical (unpaired) electrons. The van der Waals surface area contributed by atoms with Crippen LogP contribution < -0.4 is 0 Å². The summed E-state index contributed by atoms with van der Waals surface area (Å²) in [7, 11) is 0. The van der Waals surface area contributed by atoms with Crippen LogP contribution in [0.4, 0.5) is 0 Å². The first-order chi connectivity index (χ1) is 8.20. The van der Waals surface area contributed by atoms with E-state index in [-0.39, 0.29) is 17.6 Å². The van der Waals surface area contributed by atoms with E-state index in [1.165, 1.54) is 0 Å². The SMILES string of the molecule is CC1C=CC=C[C@H]1C(=O)C(=O)c1ccccc1. The third-order valence-corrected chi connectivity index (χ3v) is 2.97. The van der Waals surface area contributed by atoms with Crippen molar-refractivity contribution in [2.75, 3.05) is 0 Å². The van der Waals surface area contributed by atoms with Crippen molar-refractivity contribution in [2.45, 2.75) is 6.92 Å². The predicted molar refractivity (Wildman–Crippen MR) is 66.7 cm³/mol. The number of hydrogen-bond acceptors (Lipinski definition) is 2. The van der Waals surface area contributed by atoms with Gasteiger partial charge < -0.3 is 0 Å². The Kier molecular flexibility index (Phi) is 3.33. The van der Waals surface area contributed by atoms with E-state index in [1.54, 1.807) is 30.3 Å². The zero-order valence-electron chi connectivity index (χ0n) is 9.67. The highest BCUT2D eigenvalue weighted by Crippen LogP contribution is 2.21. The van der Waals surface area contributed by atoms with Crippen LogP contribution >= 0.6 is 0 Å². The van der Waals surface area contributed by atoms with Gasteiger partial charge in [-0.3, -0.25) is 9.59 Å². The average molecular weight is 226 g/mol. The summed E-state index contributed by atoms with van der Waals surface area (Å²) in [6, 6.07) is 8.70. The zero-order valence-corrected chi connectivity index (χ0v) is 9.67. The zero-order chi connectivity index (χ0) is 12.3. The van der Waals surface area contributed by atoms with E-state index < -0.39 is 5.78 Å². The Morgan fingerprint density at radius 2 is 1.65 bits per heavy atom. The summed E-state index contributed by atoms with van der Waals surface area (Å²) in [6.07, 6.45) is 7.47. The van der Waals surface area contributed by atoms with Crippen LogP contribution in [-0.4, -0.2) is 11.6 Å². The third kappa shape index (κ3) is 2.41. The fraction of sp³-hybridized carbons (Fsp3) is 0.200. The van der Waals surface area contributed by atoms with Crippen LogP contribution in [0.2, 0.25) is 0 Å². The summed E-state index contributed by atoms with van der Waals surface area (Å²) in [5.41, 5.74) is 0.465. The summed E-state index contributed by atoms with van der Waals surface area (Å²) < 4.78 is 0. The molecule has 1 aromatic rings. The molecular weight excluding hydrogens is 212 g/mol. The first kappa shape index (κ1) is 11.5. The molecule has 2 nitrogen and oxygen atoms in total. The molecule has 0 saturated carbocycles. The number of ketones is 2. The van der Waals surface area contributed by atoms with Gasteiger partial charge in [-0.1, -0.05) is 61.6 Å². The highest BCUT2D eigenvalue weighted by atomic mass is 16.2. The van der Waals surface area contributed by atoms with Gasteiger partial charge in [-0.05, 0) is 5.92 Å². The topological polar surface area (TPSA) is 34.1 Å². The van der Waals surface area contributed by atoms with Gasteiger partial charge in [-0.15, -0.1) is 0 Å². The molecule has 2 heteroatoms. The summed E-state index contributed by atoms with van der Waals surface area (Å²) in [4.78, 5) is 24.1. The van der Waals surface area contributed by atoms with Crippen molar-refractivity contribution < 1.29 is 9.59 Å². The van der Waals surface area contributed by atoms with Crippen molar-refractivity contribution in [1.29, 1.82) is 0 Å². The minimum atomic E-state index is -0.401. The molecule has 1 aromatic carbocycles. The molecule has 2 atom stereocenters. The maximum atomic E-state index is 12.1. The van der Waals surface area contributed by atoms with E-state index >= 15 is 0 Å². The van der Waals surface area contributed by atoms with Crippen LogP contribution in [0.3, 0.4) is 0 Å². The van der Waals surface area contributed by atoms with Gasteiger partial charge in [0.05, 0.1) is 5.92 Å². The van der Waals surface area contributed by atoms with Gasteiger partial charge >= 0.3 is 0 Å². The van der Waals surface area contributed by atoms with Crippen molar-refractivity contribution >= 4 is 11.6 Å². The summed E-state index contributed by atoms with van der Waals surface area (Å²) >= 11 is 0. The number of benzene rings is 1. The minimum absolute atomic E-state index is 0.0835. The first-order valence-corrected chi connectivity index (χ1v) is 5.68. The lowest BCUT2D eigenvalue weighted by Gasteiger charge is -2.18. The van der Waals surface area contributed by atoms with E-state index in [2.05, 4.69) is 0 Å². The van der Waals surface area contributed by atoms with Gasteiger partial charge in [-0.25, -0.2) is 0 Å². The van der Waals surface area contributed by atoms with E-state index in [1.807, 2.05) is 31.2 Å². The molecule has 0 N–H and O–H groups in total. The van der Waals surface area contributed by atoms with Crippen molar-refractivity contribution in [3.63, 3.8) is 0 Å². The van der Waals surface area contributed by atoms with Crippen molar-refractivity contribution in [3.05, 3.63) is 60.2 Å². The van der Waals surface area contributed by atoms with Crippen LogP contribution in [0.25, 0.3) is 0 Å². The number of rotatable bonds is 3. The standard InChI is InChI=1S/C15H14O2/c1-11-7-5-6-10-13(11)15(17)14(16)12-8-3-2-4-9-12/h2-11,13H,1H3/t11?,13-/m1/s1. The van der Waals surface area contributed by atoms with Crippen molar-refractivity contribution in [3.8, 4) is 0 Å². The second kappa shape index (κ2) is 4.91. The summed E-state index contributed by atoms with van der Waals surface area (Å²) in [6.45, 7) is 1.95. The van der Waals surface area contributed by atoms with Gasteiger partial charge in [0, 0.05) is 5.56 Å². The maximum Gasteiger partial charge on any atom is 0.229 e. The number of allylic oxidation sites excluding steroid dienone is 4. The molecule has 1 aliphatic rings. The lowest BCUT2D eigenvalue weighted by Crippen LogP contribution is -2.27. The highest BCUT2D eigenvalue weighted by Gasteiger charge is 2.28. The maximum absolute atomic E-state index is 12.1. The Hall–Kier alpha value is -1.96. The quantitative estimate of drug-likeness (QED) is 0.586. The second-order valence-corrected chi connectivity index (χ2v) is 4.21. The molecule has 0 spiro atoms. The number of hydrogen-bond donors (Lipinski definition) is 0. The molecule has 0 fully saturated rings. The molecule has 86 valence electrons. The molecule has 0 aliphatic heterocycles. The van der Waals surface area contributed by atoms with Crippen LogP contribution in [0.1, 0.15) is 17.3 Å². The normalized spacial score (nSPS) is 22.4. The van der Waals surface area contributed by atoms with E-state index in [0.29, 0.717) is 5.56 Å². The minimum Gasteiger partial charge on any atom is -0.290 e. The summed E-state index contributed by atoms with van der Waals surface area (Å²) in [5, 5.41) is 0. The molecule has 2 rings (SSSR count). The lowest BCUT2D eigenvalue weighted by atomic mass is 9.84. The monoisotopic (exact) mass is 226 g/mol. The molecule has 0 amide bonds. The van der Waals surface area contributed by atoms with E-state index in [9.17, 15) is 9.59 Å². The molecule has 1 unspecified atom stereocenters. The summed E-state index contributed by atoms with van der Waals surface area (Å²) in [5.74, 6) is -0.973. The second-order valence-electron chi connectivity index (χ2n) is 4.21. The predicted octanol–water partition coefficient (Wildman–Crippen LogP) is 2.82. The Balaban J connectivity index is 2.19. The number of carbonyl (C=O) groups is 2. The van der Waals surface area contributed by atoms with Crippen molar-refractivity contribution in [1.82, 2.24) is 0 Å². The van der Waals surface area contributed by atoms with Gasteiger partial charge in [-0.2, -0.15) is 0 Å². The third-order valence-electron chi connectivity index (χ3n) is 2.97. The molecule has 0 bridgehead atoms. The number of carbonyl (C=O) groups excluding carboxylic acids is 2. The Morgan fingerprint density at radius 3 is 2.29 bits per heavy atom. The van der Waals surface area contributed by atoms with Crippen LogP contribution in [0.5, 0.6) is 0 Å². The fourth-order valence-electron chi connectivity index (χ4n) is 1.93. The Bertz CT molecular complexity index is 483. The molecular formula is C15H14O2. The first-order valence-electron chi connectivity index (χ1n) is 5.68. The Labute approximate surface area is 101 Å². The van der Waals surface area contributed by atoms with Gasteiger partial charge in [0.15, 0.2) is 0 Å². The van der Waals surface area contributed by atoms with Crippen molar-refractivity contribution in [2.24, 2.45) is 11.8 Å². The smallest absolute Gasteiger partial charge is 0.229 e. The lowest BCUT2D eigenvalue weighted by molar-refractivity contribution is -0.118. The molecule has 0 saturated heterocycles. The molecule has 17 heavy (non-hydrogen) atoms. The Morgan fingerprint density at radius 1 is 1.00 bits per heavy atom. The molecule has 0 heterocycles. The largest absolute Gasteiger partial charge is 0.290 e. The van der Waals surface area contributed by atoms with Crippen LogP contribution in [0, 0.1) is 11.8 Å². The molecule has 1 aliphatic carbocycles. The number of Topliss-reactive ketones (excluding diaryl/α,β-unsaturated/α-hetero) is 2. The van der Waals surface area contributed by atoms with Gasteiger partial charge in [0.1, 0.15) is 0 Å². The highest BCUT2D eigenvalue weighted by molar-refractivity contribution is 6.44.